The van der Waals surface area contributed by atoms with Crippen molar-refractivity contribution >= 4 is 32.9 Å². The van der Waals surface area contributed by atoms with Crippen molar-refractivity contribution in [1.82, 2.24) is 19.7 Å². The molecule has 0 aliphatic heterocycles. The van der Waals surface area contributed by atoms with Crippen molar-refractivity contribution in [1.29, 1.82) is 0 Å². The Kier molecular flexibility index (Phi) is 4.78. The molecule has 0 spiro atoms. The van der Waals surface area contributed by atoms with E-state index < -0.39 is 11.7 Å². The molecule has 0 amide bonds. The van der Waals surface area contributed by atoms with Crippen LogP contribution in [-0.4, -0.2) is 32.3 Å². The van der Waals surface area contributed by atoms with Crippen LogP contribution in [0.25, 0.3) is 22.6 Å². The molecule has 0 aliphatic rings. The second-order valence-electron chi connectivity index (χ2n) is 5.70. The Morgan fingerprint density at radius 2 is 2.07 bits per heavy atom. The lowest BCUT2D eigenvalue weighted by Gasteiger charge is -2.05. The van der Waals surface area contributed by atoms with E-state index in [1.165, 1.54) is 17.0 Å². The first-order valence-corrected chi connectivity index (χ1v) is 9.09. The number of carbonyl (C=O) groups excluding carboxylic acids is 1. The number of fused-ring (bicyclic) bond motifs is 1. The fraction of sp³-hybridized carbons (Fsp3) is 0.167. The van der Waals surface area contributed by atoms with Crippen LogP contribution in [0.3, 0.4) is 0 Å². The van der Waals surface area contributed by atoms with Crippen LogP contribution < -0.4 is 5.76 Å². The van der Waals surface area contributed by atoms with Crippen LogP contribution in [0.15, 0.2) is 54.9 Å². The van der Waals surface area contributed by atoms with Gasteiger partial charge < -0.3 is 9.15 Å². The Labute approximate surface area is 166 Å². The highest BCUT2D eigenvalue weighted by atomic mass is 79.9. The van der Waals surface area contributed by atoms with E-state index in [2.05, 4.69) is 31.1 Å². The molecule has 3 heterocycles. The Morgan fingerprint density at radius 1 is 1.29 bits per heavy atom. The number of hydrogen-bond acceptors (Lipinski definition) is 8. The molecule has 9 nitrogen and oxygen atoms in total. The topological polar surface area (TPSA) is 113 Å². The monoisotopic (exact) mass is 444 g/mol. The molecule has 1 aromatic carbocycles. The Bertz CT molecular complexity index is 1210. The zero-order valence-corrected chi connectivity index (χ0v) is 16.2. The van der Waals surface area contributed by atoms with Crippen LogP contribution in [0.4, 0.5) is 0 Å². The number of hydrogen-bond donors (Lipinski definition) is 0. The first-order valence-electron chi connectivity index (χ1n) is 8.30. The zero-order valence-electron chi connectivity index (χ0n) is 14.6. The molecule has 0 radical (unpaired) electrons. The van der Waals surface area contributed by atoms with Gasteiger partial charge in [0.05, 0.1) is 13.2 Å². The maximum absolute atomic E-state index is 12.4. The molecular formula is C18H13BrN4O5. The number of nitrogens with zero attached hydrogens (tertiary/aromatic N) is 4. The first-order chi connectivity index (χ1) is 13.6. The minimum Gasteiger partial charge on any atom is -0.460 e. The van der Waals surface area contributed by atoms with E-state index in [4.69, 9.17) is 13.7 Å². The summed E-state index contributed by atoms with van der Waals surface area (Å²) in [7, 11) is 0. The Hall–Kier alpha value is -3.27. The standard InChI is InChI=1S/C18H13BrN4O5/c1-2-26-17(24)14-12(11-8-10(19)4-5-13(11)27-14)9-23-16(22-28-18(23)25)15-20-6-3-7-21-15/h3-8H,2,9H2,1H3. The predicted octanol–water partition coefficient (Wildman–Crippen LogP) is 3.03. The number of halogens is 1. The molecule has 0 N–H and O–H groups in total. The molecule has 3 aromatic heterocycles. The second-order valence-corrected chi connectivity index (χ2v) is 6.62. The second kappa shape index (κ2) is 7.39. The maximum atomic E-state index is 12.4. The van der Waals surface area contributed by atoms with Crippen LogP contribution in [0, 0.1) is 0 Å². The van der Waals surface area contributed by atoms with Crippen molar-refractivity contribution in [3.8, 4) is 11.6 Å². The summed E-state index contributed by atoms with van der Waals surface area (Å²) in [6.07, 6.45) is 3.06. The fourth-order valence-electron chi connectivity index (χ4n) is 2.78. The molecule has 4 aromatic rings. The van der Waals surface area contributed by atoms with Gasteiger partial charge in [-0.05, 0) is 31.2 Å². The van der Waals surface area contributed by atoms with E-state index in [1.54, 1.807) is 31.2 Å². The van der Waals surface area contributed by atoms with Gasteiger partial charge in [0.15, 0.2) is 5.82 Å². The maximum Gasteiger partial charge on any atom is 0.442 e. The van der Waals surface area contributed by atoms with E-state index in [0.717, 1.165) is 4.47 Å². The summed E-state index contributed by atoms with van der Waals surface area (Å²) in [5.74, 6) is -0.943. The minimum atomic E-state index is -0.707. The highest BCUT2D eigenvalue weighted by molar-refractivity contribution is 9.10. The van der Waals surface area contributed by atoms with Gasteiger partial charge in [-0.2, -0.15) is 0 Å². The number of esters is 1. The quantitative estimate of drug-likeness (QED) is 0.431. The number of rotatable bonds is 5. The SMILES string of the molecule is CCOC(=O)c1oc2ccc(Br)cc2c1Cn1c(-c2ncccn2)noc1=O. The molecule has 10 heteroatoms. The summed E-state index contributed by atoms with van der Waals surface area (Å²) in [6, 6.07) is 6.96. The van der Waals surface area contributed by atoms with E-state index in [1.807, 2.05) is 0 Å². The van der Waals surface area contributed by atoms with Gasteiger partial charge in [-0.15, -0.1) is 0 Å². The minimum absolute atomic E-state index is 0.0166. The molecule has 0 saturated carbocycles. The Morgan fingerprint density at radius 3 is 2.82 bits per heavy atom. The Balaban J connectivity index is 1.88. The summed E-state index contributed by atoms with van der Waals surface area (Å²) in [5, 5.41) is 4.43. The molecule has 4 rings (SSSR count). The van der Waals surface area contributed by atoms with Gasteiger partial charge in [0.25, 0.3) is 0 Å². The highest BCUT2D eigenvalue weighted by Crippen LogP contribution is 2.30. The lowest BCUT2D eigenvalue weighted by molar-refractivity contribution is 0.0490. The molecule has 0 unspecified atom stereocenters. The fourth-order valence-corrected chi connectivity index (χ4v) is 3.14. The van der Waals surface area contributed by atoms with E-state index >= 15 is 0 Å². The normalized spacial score (nSPS) is 11.1. The zero-order chi connectivity index (χ0) is 19.7. The van der Waals surface area contributed by atoms with Crippen LogP contribution in [-0.2, 0) is 11.3 Å². The van der Waals surface area contributed by atoms with Gasteiger partial charge in [-0.3, -0.25) is 4.52 Å². The van der Waals surface area contributed by atoms with Crippen molar-refractivity contribution < 1.29 is 18.5 Å². The lowest BCUT2D eigenvalue weighted by atomic mass is 10.1. The van der Waals surface area contributed by atoms with Gasteiger partial charge in [0.2, 0.25) is 11.6 Å². The molecule has 0 saturated heterocycles. The van der Waals surface area contributed by atoms with E-state index in [-0.39, 0.29) is 30.6 Å². The highest BCUT2D eigenvalue weighted by Gasteiger charge is 2.25. The van der Waals surface area contributed by atoms with Gasteiger partial charge in [-0.25, -0.2) is 24.1 Å². The van der Waals surface area contributed by atoms with Gasteiger partial charge in [-0.1, -0.05) is 21.1 Å². The molecular weight excluding hydrogens is 432 g/mol. The largest absolute Gasteiger partial charge is 0.460 e. The third kappa shape index (κ3) is 3.22. The molecule has 0 aliphatic carbocycles. The van der Waals surface area contributed by atoms with Crippen molar-refractivity contribution in [3.63, 3.8) is 0 Å². The average molecular weight is 445 g/mol. The van der Waals surface area contributed by atoms with Crippen LogP contribution in [0.2, 0.25) is 0 Å². The van der Waals surface area contributed by atoms with Crippen LogP contribution in [0.5, 0.6) is 0 Å². The van der Waals surface area contributed by atoms with Gasteiger partial charge >= 0.3 is 11.7 Å². The number of aromatic nitrogens is 4. The third-order valence-corrected chi connectivity index (χ3v) is 4.48. The van der Waals surface area contributed by atoms with Crippen molar-refractivity contribution in [2.75, 3.05) is 6.61 Å². The summed E-state index contributed by atoms with van der Waals surface area (Å²) in [5.41, 5.74) is 0.959. The average Bonchev–Trinajstić information content (AvgIpc) is 3.24. The number of carbonyl (C=O) groups is 1. The summed E-state index contributed by atoms with van der Waals surface area (Å²) in [4.78, 5) is 32.9. The molecule has 0 fully saturated rings. The van der Waals surface area contributed by atoms with Crippen molar-refractivity contribution in [2.24, 2.45) is 0 Å². The smallest absolute Gasteiger partial charge is 0.442 e. The third-order valence-electron chi connectivity index (χ3n) is 3.98. The summed E-state index contributed by atoms with van der Waals surface area (Å²) in [6.45, 7) is 1.86. The predicted molar refractivity (Wildman–Crippen MR) is 101 cm³/mol. The summed E-state index contributed by atoms with van der Waals surface area (Å²) >= 11 is 3.41. The number of furan rings is 1. The molecule has 0 bridgehead atoms. The van der Waals surface area contributed by atoms with Crippen molar-refractivity contribution in [2.45, 2.75) is 13.5 Å². The van der Waals surface area contributed by atoms with Gasteiger partial charge in [0.1, 0.15) is 5.58 Å². The lowest BCUT2D eigenvalue weighted by Crippen LogP contribution is -2.18. The number of ether oxygens (including phenoxy) is 1. The van der Waals surface area contributed by atoms with Crippen LogP contribution in [0.1, 0.15) is 23.0 Å². The van der Waals surface area contributed by atoms with E-state index in [0.29, 0.717) is 16.5 Å². The molecule has 142 valence electrons. The number of benzene rings is 1. The summed E-state index contributed by atoms with van der Waals surface area (Å²) < 4.78 is 17.6. The molecule has 28 heavy (non-hydrogen) atoms. The van der Waals surface area contributed by atoms with Crippen LogP contribution >= 0.6 is 15.9 Å². The van der Waals surface area contributed by atoms with Crippen molar-refractivity contribution in [3.05, 3.63) is 63.0 Å². The first kappa shape index (κ1) is 18.1. The van der Waals surface area contributed by atoms with Gasteiger partial charge in [0, 0.05) is 27.8 Å². The van der Waals surface area contributed by atoms with E-state index in [9.17, 15) is 9.59 Å². The molecule has 0 atom stereocenters.